The summed E-state index contributed by atoms with van der Waals surface area (Å²) in [6.45, 7) is 5.62. The molecule has 0 aliphatic carbocycles. The Hall–Kier alpha value is -1.80. The molecule has 1 aromatic carbocycles. The first-order valence-corrected chi connectivity index (χ1v) is 9.34. The van der Waals surface area contributed by atoms with Crippen molar-refractivity contribution in [3.05, 3.63) is 23.8 Å². The maximum Gasteiger partial charge on any atom is 0.414 e. The number of amides is 1. The first-order valence-electron chi connectivity index (χ1n) is 7.53. The van der Waals surface area contributed by atoms with E-state index >= 15 is 0 Å². The second-order valence-electron chi connectivity index (χ2n) is 6.70. The number of hydrogen-bond donors (Lipinski definition) is 0. The molecule has 0 bridgehead atoms. The van der Waals surface area contributed by atoms with Gasteiger partial charge < -0.3 is 9.47 Å². The average molecular weight is 357 g/mol. The number of nitrogens with zero attached hydrogens (tertiary/aromatic N) is 1. The standard InChI is InChI=1S/C16H23NO6S/c1-16(2,3)23-15(18)17-9-11(10-22-24(5,19)20)13-7-6-12(21-4)8-14(13)17/h6-8,11H,9-10H2,1-5H3. The summed E-state index contributed by atoms with van der Waals surface area (Å²) >= 11 is 0. The highest BCUT2D eigenvalue weighted by Crippen LogP contribution is 2.39. The molecule has 0 saturated carbocycles. The van der Waals surface area contributed by atoms with Gasteiger partial charge in [0.2, 0.25) is 0 Å². The van der Waals surface area contributed by atoms with Crippen molar-refractivity contribution in [1.29, 1.82) is 0 Å². The van der Waals surface area contributed by atoms with Crippen LogP contribution in [0.15, 0.2) is 18.2 Å². The molecule has 1 aliphatic rings. The molecule has 0 spiro atoms. The van der Waals surface area contributed by atoms with Crippen molar-refractivity contribution in [1.82, 2.24) is 0 Å². The van der Waals surface area contributed by atoms with Crippen LogP contribution in [0.3, 0.4) is 0 Å². The normalized spacial score (nSPS) is 17.5. The lowest BCUT2D eigenvalue weighted by atomic mass is 10.0. The Labute approximate surface area is 142 Å². The fourth-order valence-electron chi connectivity index (χ4n) is 2.48. The van der Waals surface area contributed by atoms with Gasteiger partial charge in [-0.1, -0.05) is 6.07 Å². The summed E-state index contributed by atoms with van der Waals surface area (Å²) < 4.78 is 38.1. The molecule has 0 radical (unpaired) electrons. The van der Waals surface area contributed by atoms with Crippen molar-refractivity contribution in [2.75, 3.05) is 31.4 Å². The van der Waals surface area contributed by atoms with Gasteiger partial charge >= 0.3 is 6.09 Å². The molecule has 0 saturated heterocycles. The van der Waals surface area contributed by atoms with Gasteiger partial charge in [0.15, 0.2) is 0 Å². The second kappa shape index (κ2) is 6.60. The Morgan fingerprint density at radius 2 is 2.00 bits per heavy atom. The van der Waals surface area contributed by atoms with Gasteiger partial charge in [0.05, 0.1) is 25.7 Å². The van der Waals surface area contributed by atoms with Crippen molar-refractivity contribution in [3.63, 3.8) is 0 Å². The first kappa shape index (κ1) is 18.5. The Bertz CT molecular complexity index is 723. The zero-order valence-electron chi connectivity index (χ0n) is 14.5. The van der Waals surface area contributed by atoms with Gasteiger partial charge in [0, 0.05) is 18.5 Å². The summed E-state index contributed by atoms with van der Waals surface area (Å²) in [6, 6.07) is 5.32. The van der Waals surface area contributed by atoms with E-state index in [1.165, 1.54) is 4.90 Å². The van der Waals surface area contributed by atoms with Gasteiger partial charge in [0.1, 0.15) is 11.4 Å². The van der Waals surface area contributed by atoms with Gasteiger partial charge in [-0.3, -0.25) is 9.08 Å². The van der Waals surface area contributed by atoms with Crippen molar-refractivity contribution in [3.8, 4) is 5.75 Å². The summed E-state index contributed by atoms with van der Waals surface area (Å²) in [5.41, 5.74) is 0.841. The van der Waals surface area contributed by atoms with E-state index in [0.29, 0.717) is 11.4 Å². The molecule has 2 rings (SSSR count). The van der Waals surface area contributed by atoms with Crippen LogP contribution in [0.4, 0.5) is 10.5 Å². The molecule has 134 valence electrons. The van der Waals surface area contributed by atoms with E-state index in [9.17, 15) is 13.2 Å². The van der Waals surface area contributed by atoms with Crippen LogP contribution < -0.4 is 9.64 Å². The Balaban J connectivity index is 2.30. The maximum absolute atomic E-state index is 12.5. The van der Waals surface area contributed by atoms with Gasteiger partial charge in [-0.2, -0.15) is 8.42 Å². The third-order valence-electron chi connectivity index (χ3n) is 3.47. The number of ether oxygens (including phenoxy) is 2. The predicted molar refractivity (Wildman–Crippen MR) is 90.1 cm³/mol. The lowest BCUT2D eigenvalue weighted by molar-refractivity contribution is 0.0581. The molecule has 1 heterocycles. The number of methoxy groups -OCH3 is 1. The minimum atomic E-state index is -3.55. The number of fused-ring (bicyclic) bond motifs is 1. The predicted octanol–water partition coefficient (Wildman–Crippen LogP) is 2.51. The number of carbonyl (C=O) groups is 1. The highest BCUT2D eigenvalue weighted by molar-refractivity contribution is 7.85. The van der Waals surface area contributed by atoms with Crippen LogP contribution in [0, 0.1) is 0 Å². The smallest absolute Gasteiger partial charge is 0.414 e. The van der Waals surface area contributed by atoms with Crippen LogP contribution in [0.1, 0.15) is 32.3 Å². The van der Waals surface area contributed by atoms with Crippen molar-refractivity contribution in [2.24, 2.45) is 0 Å². The third-order valence-corrected chi connectivity index (χ3v) is 4.03. The van der Waals surface area contributed by atoms with E-state index in [-0.39, 0.29) is 19.1 Å². The molecule has 0 aromatic heterocycles. The fourth-order valence-corrected chi connectivity index (χ4v) is 2.90. The van der Waals surface area contributed by atoms with Crippen LogP contribution in [0.2, 0.25) is 0 Å². The monoisotopic (exact) mass is 357 g/mol. The lowest BCUT2D eigenvalue weighted by Gasteiger charge is -2.25. The quantitative estimate of drug-likeness (QED) is 0.770. The molecule has 1 aromatic rings. The summed E-state index contributed by atoms with van der Waals surface area (Å²) in [6.07, 6.45) is 0.515. The second-order valence-corrected chi connectivity index (χ2v) is 8.35. The summed E-state index contributed by atoms with van der Waals surface area (Å²) in [5.74, 6) is 0.347. The van der Waals surface area contributed by atoms with Crippen molar-refractivity contribution < 1.29 is 26.9 Å². The molecule has 0 N–H and O–H groups in total. The molecule has 7 nitrogen and oxygen atoms in total. The van der Waals surface area contributed by atoms with Gasteiger partial charge in [-0.25, -0.2) is 4.79 Å². The van der Waals surface area contributed by atoms with Crippen molar-refractivity contribution in [2.45, 2.75) is 32.3 Å². The third kappa shape index (κ3) is 4.61. The van der Waals surface area contributed by atoms with E-state index in [1.54, 1.807) is 40.0 Å². The zero-order chi connectivity index (χ0) is 18.1. The topological polar surface area (TPSA) is 82.1 Å². The largest absolute Gasteiger partial charge is 0.497 e. The van der Waals surface area contributed by atoms with Crippen molar-refractivity contribution >= 4 is 21.9 Å². The fraction of sp³-hybridized carbons (Fsp3) is 0.562. The highest BCUT2D eigenvalue weighted by Gasteiger charge is 2.35. The maximum atomic E-state index is 12.5. The zero-order valence-corrected chi connectivity index (χ0v) is 15.3. The molecular weight excluding hydrogens is 334 g/mol. The van der Waals surface area contributed by atoms with Crippen LogP contribution >= 0.6 is 0 Å². The van der Waals surface area contributed by atoms with E-state index in [2.05, 4.69) is 0 Å². The number of hydrogen-bond acceptors (Lipinski definition) is 6. The summed E-state index contributed by atoms with van der Waals surface area (Å²) in [4.78, 5) is 14.0. The molecule has 1 atom stereocenters. The minimum Gasteiger partial charge on any atom is -0.497 e. The Kier molecular flexibility index (Phi) is 5.10. The Morgan fingerprint density at radius 3 is 2.54 bits per heavy atom. The molecule has 24 heavy (non-hydrogen) atoms. The molecule has 1 amide bonds. The lowest BCUT2D eigenvalue weighted by Crippen LogP contribution is -2.36. The number of anilines is 1. The molecule has 0 fully saturated rings. The van der Waals surface area contributed by atoms with Crippen LogP contribution in [-0.2, 0) is 19.0 Å². The van der Waals surface area contributed by atoms with E-state index in [0.717, 1.165) is 11.8 Å². The highest BCUT2D eigenvalue weighted by atomic mass is 32.2. The van der Waals surface area contributed by atoms with E-state index < -0.39 is 21.8 Å². The van der Waals surface area contributed by atoms with Gasteiger partial charge in [0.25, 0.3) is 10.1 Å². The van der Waals surface area contributed by atoms with Gasteiger partial charge in [-0.05, 0) is 32.4 Å². The SMILES string of the molecule is COc1ccc2c(c1)N(C(=O)OC(C)(C)C)CC2COS(C)(=O)=O. The average Bonchev–Trinajstić information content (AvgIpc) is 2.80. The van der Waals surface area contributed by atoms with Crippen LogP contribution in [0.5, 0.6) is 5.75 Å². The summed E-state index contributed by atoms with van der Waals surface area (Å²) in [7, 11) is -2.01. The molecular formula is C16H23NO6S. The molecule has 1 aliphatic heterocycles. The van der Waals surface area contributed by atoms with E-state index in [4.69, 9.17) is 13.7 Å². The van der Waals surface area contributed by atoms with Crippen LogP contribution in [-0.4, -0.2) is 46.6 Å². The van der Waals surface area contributed by atoms with E-state index in [1.807, 2.05) is 6.07 Å². The minimum absolute atomic E-state index is 0.0303. The van der Waals surface area contributed by atoms with Gasteiger partial charge in [-0.15, -0.1) is 0 Å². The molecule has 1 unspecified atom stereocenters. The number of carbonyl (C=O) groups excluding carboxylic acids is 1. The first-order chi connectivity index (χ1) is 11.0. The summed E-state index contributed by atoms with van der Waals surface area (Å²) in [5, 5.41) is 0. The van der Waals surface area contributed by atoms with Crippen LogP contribution in [0.25, 0.3) is 0 Å². The number of benzene rings is 1. The number of rotatable bonds is 4. The molecule has 8 heteroatoms. The Morgan fingerprint density at radius 1 is 1.33 bits per heavy atom.